The summed E-state index contributed by atoms with van der Waals surface area (Å²) >= 11 is 0. The Morgan fingerprint density at radius 2 is 1.05 bits per heavy atom. The van der Waals surface area contributed by atoms with Crippen molar-refractivity contribution >= 4 is 5.97 Å². The van der Waals surface area contributed by atoms with Gasteiger partial charge in [0.1, 0.15) is 122 Å². The average Bonchev–Trinajstić information content (AvgIpc) is 0.677. The van der Waals surface area contributed by atoms with E-state index in [1.165, 1.54) is 12.5 Å². The minimum atomic E-state index is -2.16. The van der Waals surface area contributed by atoms with Gasteiger partial charge in [-0.25, -0.2) is 0 Å². The Morgan fingerprint density at radius 3 is 1.69 bits per heavy atom. The summed E-state index contributed by atoms with van der Waals surface area (Å²) in [5.74, 6) is -0.964. The van der Waals surface area contributed by atoms with E-state index in [9.17, 15) is 91.6 Å². The SMILES string of the molecule is C[C@@H]1O[C@@H](O[C@H]2[C@H](O[C@@H]3[C@@H](O)[C@H](O[C@H]4[C@H](O[C@H]5CC[C@]6(C)[C@H]7CC=C8[C@@H]9CC(C)(C)[C@@H](O)C[C@]9(C(=O)O)CC[C@@]8(C)[C@]7(C)CC[C@H]6C5(C)C)O[C@H](CO)[C@@H](O[C@@H]5OC[C@@H](O)[C@H](O)[C@H]5O)[C@@H]4O)OC[C@H]3O[C@@H]3OC[C@H](O)[C@H](O)[C@H]3O)O[C@H](CO)[C@@H](O)[C@@H]2O)[C@H](O)[C@H](O)[C@H]1O. The number of aliphatic carboxylic acids is 1. The maximum Gasteiger partial charge on any atom is 0.310 e. The maximum atomic E-state index is 13.4. The third-order valence-electron chi connectivity index (χ3n) is 24.7. The predicted octanol–water partition coefficient (Wildman–Crippen LogP) is -3.91. The summed E-state index contributed by atoms with van der Waals surface area (Å²) in [6, 6.07) is 0. The Kier molecular flexibility index (Phi) is 20.9. The second kappa shape index (κ2) is 26.9. The Hall–Kier alpha value is -1.91. The van der Waals surface area contributed by atoms with Crippen LogP contribution in [0.4, 0.5) is 0 Å². The topological polar surface area (TPSA) is 472 Å². The van der Waals surface area contributed by atoms with Crippen LogP contribution in [0.2, 0.25) is 0 Å². The van der Waals surface area contributed by atoms with E-state index < -0.39 is 233 Å². The van der Waals surface area contributed by atoms with Crippen molar-refractivity contribution in [3.05, 3.63) is 11.6 Å². The van der Waals surface area contributed by atoms with Gasteiger partial charge in [-0.1, -0.05) is 60.1 Å². The molecule has 30 heteroatoms. The molecule has 6 saturated heterocycles. The lowest BCUT2D eigenvalue weighted by Gasteiger charge is -2.71. The normalized spacial score (nSPS) is 54.7. The number of aliphatic hydroxyl groups excluding tert-OH is 16. The van der Waals surface area contributed by atoms with E-state index in [1.54, 1.807) is 0 Å². The van der Waals surface area contributed by atoms with Gasteiger partial charge in [0.15, 0.2) is 37.7 Å². The summed E-state index contributed by atoms with van der Waals surface area (Å²) in [6.07, 6.45) is -41.9. The molecule has 0 radical (unpaired) electrons. The van der Waals surface area contributed by atoms with Crippen molar-refractivity contribution < 1.29 is 148 Å². The van der Waals surface area contributed by atoms with Crippen LogP contribution in [0.5, 0.6) is 0 Å². The maximum absolute atomic E-state index is 13.4. The highest BCUT2D eigenvalue weighted by Crippen LogP contribution is 2.76. The van der Waals surface area contributed by atoms with Crippen LogP contribution in [-0.4, -0.2) is 304 Å². The van der Waals surface area contributed by atoms with Crippen LogP contribution in [0.15, 0.2) is 11.6 Å². The fourth-order valence-corrected chi connectivity index (χ4v) is 18.7. The molecule has 534 valence electrons. The van der Waals surface area contributed by atoms with Crippen molar-refractivity contribution in [1.29, 1.82) is 0 Å². The summed E-state index contributed by atoms with van der Waals surface area (Å²) in [5.41, 5.74) is -1.95. The Morgan fingerprint density at radius 1 is 0.505 bits per heavy atom. The molecule has 0 aromatic carbocycles. The van der Waals surface area contributed by atoms with Gasteiger partial charge in [-0.2, -0.15) is 0 Å². The van der Waals surface area contributed by atoms with Gasteiger partial charge in [0.25, 0.3) is 0 Å². The molecule has 30 nitrogen and oxygen atoms in total. The molecule has 11 rings (SSSR count). The molecular weight excluding hydrogens is 1240 g/mol. The van der Waals surface area contributed by atoms with Crippen molar-refractivity contribution in [2.24, 2.45) is 50.2 Å². The first-order valence-corrected chi connectivity index (χ1v) is 33.0. The second-order valence-electron chi connectivity index (χ2n) is 30.6. The lowest BCUT2D eigenvalue weighted by Crippen LogP contribution is -2.68. The molecule has 36 atom stereocenters. The third kappa shape index (κ3) is 12.3. The molecule has 93 heavy (non-hydrogen) atoms. The fourth-order valence-electron chi connectivity index (χ4n) is 18.7. The zero-order chi connectivity index (χ0) is 67.7. The molecule has 10 fully saturated rings. The Balaban J connectivity index is 0.896. The van der Waals surface area contributed by atoms with Gasteiger partial charge in [0.2, 0.25) is 0 Å². The highest BCUT2D eigenvalue weighted by molar-refractivity contribution is 5.77. The van der Waals surface area contributed by atoms with E-state index in [0.717, 1.165) is 12.8 Å². The van der Waals surface area contributed by atoms with Gasteiger partial charge in [-0.05, 0) is 110 Å². The summed E-state index contributed by atoms with van der Waals surface area (Å²) in [5, 5.41) is 188. The van der Waals surface area contributed by atoms with Gasteiger partial charge in [0, 0.05) is 0 Å². The van der Waals surface area contributed by atoms with Gasteiger partial charge < -0.3 is 144 Å². The minimum Gasteiger partial charge on any atom is -0.481 e. The summed E-state index contributed by atoms with van der Waals surface area (Å²) < 4.78 is 73.8. The molecule has 11 aliphatic rings. The molecule has 17 N–H and O–H groups in total. The van der Waals surface area contributed by atoms with Crippen molar-refractivity contribution in [3.63, 3.8) is 0 Å². The first-order valence-electron chi connectivity index (χ1n) is 33.0. The summed E-state index contributed by atoms with van der Waals surface area (Å²) in [7, 11) is 0. The van der Waals surface area contributed by atoms with Crippen molar-refractivity contribution in [2.45, 2.75) is 291 Å². The van der Waals surface area contributed by atoms with E-state index >= 15 is 0 Å². The van der Waals surface area contributed by atoms with Crippen LogP contribution >= 0.6 is 0 Å². The number of rotatable bonds is 15. The van der Waals surface area contributed by atoms with Crippen LogP contribution in [0, 0.1) is 50.2 Å². The molecule has 0 unspecified atom stereocenters. The number of allylic oxidation sites excluding steroid dienone is 2. The smallest absolute Gasteiger partial charge is 0.310 e. The van der Waals surface area contributed by atoms with Crippen molar-refractivity contribution in [1.82, 2.24) is 0 Å². The van der Waals surface area contributed by atoms with Crippen LogP contribution in [-0.2, 0) is 61.6 Å². The predicted molar refractivity (Wildman–Crippen MR) is 310 cm³/mol. The number of ether oxygens (including phenoxy) is 12. The molecule has 6 aliphatic heterocycles. The van der Waals surface area contributed by atoms with E-state index in [1.807, 2.05) is 13.8 Å². The number of aliphatic hydroxyl groups is 16. The highest BCUT2D eigenvalue weighted by atomic mass is 16.8. The number of hydrogen-bond donors (Lipinski definition) is 17. The number of fused-ring (bicyclic) bond motifs is 7. The quantitative estimate of drug-likeness (QED) is 0.0550. The third-order valence-corrected chi connectivity index (χ3v) is 24.7. The van der Waals surface area contributed by atoms with Crippen molar-refractivity contribution in [3.8, 4) is 0 Å². The number of carboxylic acids is 1. The lowest BCUT2D eigenvalue weighted by molar-refractivity contribution is -0.406. The van der Waals surface area contributed by atoms with Gasteiger partial charge >= 0.3 is 5.97 Å². The van der Waals surface area contributed by atoms with Crippen LogP contribution in [0.25, 0.3) is 0 Å². The monoisotopic (exact) mass is 1340 g/mol. The molecule has 0 aromatic rings. The lowest BCUT2D eigenvalue weighted by atomic mass is 9.33. The van der Waals surface area contributed by atoms with Gasteiger partial charge in [-0.15, -0.1) is 0 Å². The zero-order valence-corrected chi connectivity index (χ0v) is 53.9. The van der Waals surface area contributed by atoms with Crippen LogP contribution < -0.4 is 0 Å². The first-order chi connectivity index (χ1) is 43.6. The molecule has 0 aromatic heterocycles. The Labute approximate surface area is 539 Å². The molecule has 4 saturated carbocycles. The van der Waals surface area contributed by atoms with E-state index in [-0.39, 0.29) is 40.4 Å². The summed E-state index contributed by atoms with van der Waals surface area (Å²) in [4.78, 5) is 13.4. The summed E-state index contributed by atoms with van der Waals surface area (Å²) in [6.45, 7) is 13.2. The van der Waals surface area contributed by atoms with Crippen molar-refractivity contribution in [2.75, 3.05) is 33.0 Å². The number of carboxylic acid groups (broad SMARTS) is 1. The molecule has 0 amide bonds. The first kappa shape index (κ1) is 72.3. The second-order valence-corrected chi connectivity index (χ2v) is 30.6. The van der Waals surface area contributed by atoms with E-state index in [2.05, 4.69) is 40.7 Å². The zero-order valence-electron chi connectivity index (χ0n) is 53.9. The van der Waals surface area contributed by atoms with Crippen LogP contribution in [0.3, 0.4) is 0 Å². The van der Waals surface area contributed by atoms with E-state index in [4.69, 9.17) is 56.8 Å². The average molecular weight is 1340 g/mol. The van der Waals surface area contributed by atoms with E-state index in [0.29, 0.717) is 38.5 Å². The molecule has 6 heterocycles. The Bertz CT molecular complexity index is 2620. The molecule has 0 bridgehead atoms. The standard InChI is InChI=1S/C63H102O30/c1-24-36(69)40(73)44(77)54(85-24)93-49-41(74)39(72)29(19-64)86-56(49)91-48-31(88-51-42(75)37(70)27(66)21-82-51)23-84-53(46(48)79)92-50-45(78)47(90-52-43(76)38(71)28(67)22-83-52)30(20-65)87-55(50)89-35-12-13-60(6)32(59(35,4)5)11-14-62(8)33(60)10-9-25-26-17-58(2,3)34(68)18-63(26,57(80)81)16-15-61(25,62)7/h9,24,26-56,64-79H,10-23H2,1-8H3,(H,80,81)/t24-,26-,27-,28+,29+,30+,31+,32-,33+,34-,35-,36-,37-,38-,39+,40+,41-,42+,43+,44+,45-,46+,47+,48-,49+,50+,51-,52-,53-,54-,55-,56-,60-,61+,62+,63+/m0/s1. The fraction of sp³-hybridized carbons (Fsp3) is 0.952. The number of carbonyl (C=O) groups is 1. The largest absolute Gasteiger partial charge is 0.481 e. The highest BCUT2D eigenvalue weighted by Gasteiger charge is 2.71. The number of hydrogen-bond acceptors (Lipinski definition) is 29. The van der Waals surface area contributed by atoms with Crippen LogP contribution in [0.1, 0.15) is 113 Å². The van der Waals surface area contributed by atoms with Gasteiger partial charge in [-0.3, -0.25) is 4.79 Å². The molecule has 0 spiro atoms. The molecular formula is C63H102O30. The van der Waals surface area contributed by atoms with Gasteiger partial charge in [0.05, 0.1) is 56.8 Å². The molecule has 5 aliphatic carbocycles. The minimum absolute atomic E-state index is 0.00240.